The molecule has 0 bridgehead atoms. The summed E-state index contributed by atoms with van der Waals surface area (Å²) in [7, 11) is 0. The van der Waals surface area contributed by atoms with Crippen molar-refractivity contribution in [3.63, 3.8) is 0 Å². The number of nitrogens with zero attached hydrogens (tertiary/aromatic N) is 2. The number of imidazole rings is 1. The van der Waals surface area contributed by atoms with Gasteiger partial charge in [-0.15, -0.1) is 0 Å². The van der Waals surface area contributed by atoms with Crippen LogP contribution in [-0.4, -0.2) is 20.3 Å². The highest BCUT2D eigenvalue weighted by molar-refractivity contribution is 6.05. The van der Waals surface area contributed by atoms with E-state index in [4.69, 9.17) is 0 Å². The maximum Gasteiger partial charge on any atom is 0.274 e. The lowest BCUT2D eigenvalue weighted by molar-refractivity contribution is 0.102. The van der Waals surface area contributed by atoms with E-state index in [1.807, 2.05) is 43.5 Å². The molecule has 6 nitrogen and oxygen atoms in total. The lowest BCUT2D eigenvalue weighted by atomic mass is 10.0. The van der Waals surface area contributed by atoms with Gasteiger partial charge in [0.15, 0.2) is 0 Å². The Morgan fingerprint density at radius 1 is 1.22 bits per heavy atom. The van der Waals surface area contributed by atoms with Crippen molar-refractivity contribution < 1.29 is 4.79 Å². The number of H-pyrrole nitrogens is 1. The summed E-state index contributed by atoms with van der Waals surface area (Å²) in [5.74, 6) is -0.238. The molecule has 0 fully saturated rings. The van der Waals surface area contributed by atoms with E-state index in [-0.39, 0.29) is 11.5 Å². The van der Waals surface area contributed by atoms with Crippen LogP contribution in [-0.2, 0) is 6.42 Å². The van der Waals surface area contributed by atoms with Gasteiger partial charge in [0.1, 0.15) is 11.3 Å². The van der Waals surface area contributed by atoms with Crippen LogP contribution in [0.15, 0.2) is 53.5 Å². The number of amides is 1. The molecule has 0 spiro atoms. The number of rotatable bonds is 4. The topological polar surface area (TPSA) is 79.3 Å². The zero-order chi connectivity index (χ0) is 19.0. The number of carbonyl (C=O) groups is 1. The maximum absolute atomic E-state index is 12.8. The van der Waals surface area contributed by atoms with Gasteiger partial charge in [0.25, 0.3) is 5.91 Å². The van der Waals surface area contributed by atoms with Gasteiger partial charge in [-0.25, -0.2) is 4.98 Å². The highest BCUT2D eigenvalue weighted by Crippen LogP contribution is 2.22. The number of nitrogens with one attached hydrogen (secondary N) is 2. The van der Waals surface area contributed by atoms with E-state index in [0.717, 1.165) is 35.0 Å². The molecule has 0 aliphatic heterocycles. The SMILES string of the molecule is CCCc1cc(=O)[nH]c2cc(NC(=O)c3c(C)nc4ccccn34)ccc12. The van der Waals surface area contributed by atoms with Crippen LogP contribution in [0.5, 0.6) is 0 Å². The monoisotopic (exact) mass is 360 g/mol. The number of carbonyl (C=O) groups excluding carboxylic acids is 1. The second kappa shape index (κ2) is 6.72. The standard InChI is InChI=1S/C21H20N4O2/c1-3-6-14-11-19(26)24-17-12-15(8-9-16(14)17)23-21(27)20-13(2)22-18-7-4-5-10-25(18)20/h4-5,7-12H,3,6H2,1-2H3,(H,23,27)(H,24,26). The van der Waals surface area contributed by atoms with Crippen LogP contribution < -0.4 is 10.9 Å². The number of fused-ring (bicyclic) bond motifs is 2. The summed E-state index contributed by atoms with van der Waals surface area (Å²) < 4.78 is 1.77. The fraction of sp³-hybridized carbons (Fsp3) is 0.190. The zero-order valence-corrected chi connectivity index (χ0v) is 15.2. The molecule has 0 aliphatic rings. The first kappa shape index (κ1) is 17.0. The molecule has 0 radical (unpaired) electrons. The molecule has 1 amide bonds. The quantitative estimate of drug-likeness (QED) is 0.582. The molecule has 3 aromatic heterocycles. The minimum absolute atomic E-state index is 0.132. The molecule has 27 heavy (non-hydrogen) atoms. The van der Waals surface area contributed by atoms with Crippen molar-refractivity contribution in [1.82, 2.24) is 14.4 Å². The van der Waals surface area contributed by atoms with Crippen LogP contribution in [0.2, 0.25) is 0 Å². The number of benzene rings is 1. The van der Waals surface area contributed by atoms with Crippen LogP contribution in [0.1, 0.15) is 35.1 Å². The van der Waals surface area contributed by atoms with Crippen molar-refractivity contribution >= 4 is 28.1 Å². The third kappa shape index (κ3) is 3.10. The van der Waals surface area contributed by atoms with Gasteiger partial charge >= 0.3 is 0 Å². The fourth-order valence-electron chi connectivity index (χ4n) is 3.46. The van der Waals surface area contributed by atoms with Gasteiger partial charge in [0.2, 0.25) is 5.56 Å². The van der Waals surface area contributed by atoms with Crippen LogP contribution in [0.3, 0.4) is 0 Å². The maximum atomic E-state index is 12.8. The van der Waals surface area contributed by atoms with E-state index in [1.165, 1.54) is 0 Å². The largest absolute Gasteiger partial charge is 0.322 e. The molecule has 2 N–H and O–H groups in total. The molecule has 0 unspecified atom stereocenters. The highest BCUT2D eigenvalue weighted by Gasteiger charge is 2.16. The van der Waals surface area contributed by atoms with E-state index >= 15 is 0 Å². The van der Waals surface area contributed by atoms with E-state index in [9.17, 15) is 9.59 Å². The van der Waals surface area contributed by atoms with Gasteiger partial charge in [-0.1, -0.05) is 25.5 Å². The summed E-state index contributed by atoms with van der Waals surface area (Å²) in [5, 5.41) is 3.92. The first-order valence-corrected chi connectivity index (χ1v) is 8.98. The van der Waals surface area contributed by atoms with E-state index in [1.54, 1.807) is 16.5 Å². The predicted molar refractivity (Wildman–Crippen MR) is 106 cm³/mol. The van der Waals surface area contributed by atoms with Gasteiger partial charge < -0.3 is 10.3 Å². The molecule has 0 saturated heterocycles. The van der Waals surface area contributed by atoms with Gasteiger partial charge in [-0.05, 0) is 43.2 Å². The Bertz CT molecular complexity index is 1220. The number of aromatic nitrogens is 3. The number of pyridine rings is 2. The lowest BCUT2D eigenvalue weighted by Gasteiger charge is -2.09. The number of aromatic amines is 1. The zero-order valence-electron chi connectivity index (χ0n) is 15.2. The van der Waals surface area contributed by atoms with Gasteiger partial charge in [-0.3, -0.25) is 14.0 Å². The normalized spacial score (nSPS) is 11.2. The summed E-state index contributed by atoms with van der Waals surface area (Å²) >= 11 is 0. The third-order valence-electron chi connectivity index (χ3n) is 4.63. The average molecular weight is 360 g/mol. The minimum atomic E-state index is -0.238. The fourth-order valence-corrected chi connectivity index (χ4v) is 3.46. The predicted octanol–water partition coefficient (Wildman–Crippen LogP) is 3.69. The van der Waals surface area contributed by atoms with Crippen molar-refractivity contribution in [2.45, 2.75) is 26.7 Å². The minimum Gasteiger partial charge on any atom is -0.322 e. The molecular weight excluding hydrogens is 340 g/mol. The molecule has 6 heteroatoms. The highest BCUT2D eigenvalue weighted by atomic mass is 16.2. The first-order valence-electron chi connectivity index (χ1n) is 8.98. The summed E-state index contributed by atoms with van der Waals surface area (Å²) in [5.41, 5.74) is 4.13. The Morgan fingerprint density at radius 2 is 2.07 bits per heavy atom. The summed E-state index contributed by atoms with van der Waals surface area (Å²) in [6.07, 6.45) is 3.62. The van der Waals surface area contributed by atoms with Gasteiger partial charge in [0, 0.05) is 23.3 Å². The van der Waals surface area contributed by atoms with Crippen molar-refractivity contribution in [2.75, 3.05) is 5.32 Å². The Balaban J connectivity index is 1.71. The van der Waals surface area contributed by atoms with Crippen LogP contribution in [0.25, 0.3) is 16.6 Å². The number of hydrogen-bond donors (Lipinski definition) is 2. The van der Waals surface area contributed by atoms with Crippen molar-refractivity contribution in [1.29, 1.82) is 0 Å². The number of aryl methyl sites for hydroxylation is 2. The molecule has 136 valence electrons. The van der Waals surface area contributed by atoms with Crippen LogP contribution in [0, 0.1) is 6.92 Å². The first-order chi connectivity index (χ1) is 13.1. The molecule has 3 heterocycles. The lowest BCUT2D eigenvalue weighted by Crippen LogP contribution is -2.16. The third-order valence-corrected chi connectivity index (χ3v) is 4.63. The summed E-state index contributed by atoms with van der Waals surface area (Å²) in [4.78, 5) is 32.1. The summed E-state index contributed by atoms with van der Waals surface area (Å²) in [6.45, 7) is 3.90. The van der Waals surface area contributed by atoms with E-state index in [0.29, 0.717) is 17.1 Å². The number of anilines is 1. The molecule has 0 atom stereocenters. The van der Waals surface area contributed by atoms with Crippen molar-refractivity contribution in [3.8, 4) is 0 Å². The Hall–Kier alpha value is -3.41. The van der Waals surface area contributed by atoms with Crippen LogP contribution >= 0.6 is 0 Å². The van der Waals surface area contributed by atoms with E-state index in [2.05, 4.69) is 22.2 Å². The molecule has 4 rings (SSSR count). The Kier molecular flexibility index (Phi) is 4.24. The second-order valence-corrected chi connectivity index (χ2v) is 6.60. The smallest absolute Gasteiger partial charge is 0.274 e. The summed E-state index contributed by atoms with van der Waals surface area (Å²) in [6, 6.07) is 12.8. The molecule has 0 aliphatic carbocycles. The number of hydrogen-bond acceptors (Lipinski definition) is 3. The van der Waals surface area contributed by atoms with Crippen molar-refractivity contribution in [2.24, 2.45) is 0 Å². The molecular formula is C21H20N4O2. The van der Waals surface area contributed by atoms with Gasteiger partial charge in [-0.2, -0.15) is 0 Å². The van der Waals surface area contributed by atoms with Gasteiger partial charge in [0.05, 0.1) is 11.2 Å². The average Bonchev–Trinajstić information content (AvgIpc) is 2.97. The van der Waals surface area contributed by atoms with Crippen molar-refractivity contribution in [3.05, 3.63) is 76.0 Å². The molecule has 4 aromatic rings. The Labute approximate surface area is 155 Å². The van der Waals surface area contributed by atoms with E-state index < -0.39 is 0 Å². The second-order valence-electron chi connectivity index (χ2n) is 6.60. The Morgan fingerprint density at radius 3 is 2.89 bits per heavy atom. The molecule has 1 aromatic carbocycles. The molecule has 0 saturated carbocycles. The van der Waals surface area contributed by atoms with Crippen LogP contribution in [0.4, 0.5) is 5.69 Å².